The van der Waals surface area contributed by atoms with E-state index in [0.717, 1.165) is 18.7 Å². The van der Waals surface area contributed by atoms with Crippen molar-refractivity contribution in [3.63, 3.8) is 0 Å². The Morgan fingerprint density at radius 3 is 2.70 bits per heavy atom. The van der Waals surface area contributed by atoms with Gasteiger partial charge in [0.25, 0.3) is 0 Å². The maximum absolute atomic E-state index is 5.95. The van der Waals surface area contributed by atoms with Crippen molar-refractivity contribution in [3.05, 3.63) is 41.6 Å². The highest BCUT2D eigenvalue weighted by molar-refractivity contribution is 5.75. The highest BCUT2D eigenvalue weighted by atomic mass is 16.5. The first-order chi connectivity index (χ1) is 9.54. The lowest BCUT2D eigenvalue weighted by Crippen LogP contribution is -2.22. The third-order valence-corrected chi connectivity index (χ3v) is 3.62. The number of nitrogens with two attached hydrogens (primary N) is 1. The van der Waals surface area contributed by atoms with Gasteiger partial charge in [-0.25, -0.2) is 0 Å². The van der Waals surface area contributed by atoms with E-state index in [2.05, 4.69) is 48.9 Å². The molecular formula is C17H22N2O. The van der Waals surface area contributed by atoms with Gasteiger partial charge in [0.05, 0.1) is 11.8 Å². The van der Waals surface area contributed by atoms with Gasteiger partial charge in [-0.3, -0.25) is 0 Å². The second-order valence-electron chi connectivity index (χ2n) is 5.98. The first-order valence-corrected chi connectivity index (χ1v) is 7.28. The molecule has 0 saturated carbocycles. The first kappa shape index (κ1) is 13.3. The fraction of sp³-hybridized carbons (Fsp3) is 0.412. The number of benzene rings is 1. The molecule has 2 N–H and O–H groups in total. The van der Waals surface area contributed by atoms with Gasteiger partial charge in [-0.15, -0.1) is 0 Å². The number of nitrogens with zero attached hydrogens (tertiary/aromatic N) is 1. The third kappa shape index (κ3) is 2.34. The summed E-state index contributed by atoms with van der Waals surface area (Å²) >= 11 is 0. The van der Waals surface area contributed by atoms with E-state index in [0.29, 0.717) is 0 Å². The second kappa shape index (κ2) is 4.98. The molecule has 1 atom stereocenters. The number of hydrogen-bond acceptors (Lipinski definition) is 2. The summed E-state index contributed by atoms with van der Waals surface area (Å²) in [5.41, 5.74) is 11.3. The smallest absolute Gasteiger partial charge is 0.120 e. The van der Waals surface area contributed by atoms with Gasteiger partial charge in [0.15, 0.2) is 0 Å². The molecule has 0 fully saturated rings. The Bertz CT molecular complexity index is 626. The summed E-state index contributed by atoms with van der Waals surface area (Å²) in [6.45, 7) is 7.00. The van der Waals surface area contributed by atoms with Crippen LogP contribution in [0.3, 0.4) is 0 Å². The Hall–Kier alpha value is -1.74. The van der Waals surface area contributed by atoms with Crippen molar-refractivity contribution in [1.29, 1.82) is 0 Å². The maximum Gasteiger partial charge on any atom is 0.120 e. The highest BCUT2D eigenvalue weighted by Crippen LogP contribution is 2.39. The van der Waals surface area contributed by atoms with Crippen molar-refractivity contribution in [2.45, 2.75) is 45.9 Å². The summed E-state index contributed by atoms with van der Waals surface area (Å²) in [6.07, 6.45) is 3.36. The normalized spacial score (nSPS) is 14.2. The van der Waals surface area contributed by atoms with Crippen LogP contribution in [0.25, 0.3) is 11.3 Å². The molecule has 0 amide bonds. The molecule has 1 heterocycles. The number of aromatic nitrogens is 1. The van der Waals surface area contributed by atoms with Crippen molar-refractivity contribution in [2.24, 2.45) is 5.73 Å². The standard InChI is InChI=1S/C17H22N2O/c1-11(2)20-15-5-4-13-8-14-6-7-19(10-12(3)18)17(14)16(13)9-15/h4-7,9,11-12H,8,10,18H2,1-3H3/t12-/m1/s1. The van der Waals surface area contributed by atoms with Crippen LogP contribution in [0.5, 0.6) is 5.75 Å². The summed E-state index contributed by atoms with van der Waals surface area (Å²) in [7, 11) is 0. The van der Waals surface area contributed by atoms with Crippen LogP contribution >= 0.6 is 0 Å². The number of rotatable bonds is 4. The predicted molar refractivity (Wildman–Crippen MR) is 82.1 cm³/mol. The molecule has 106 valence electrons. The van der Waals surface area contributed by atoms with Crippen LogP contribution in [-0.4, -0.2) is 16.7 Å². The third-order valence-electron chi connectivity index (χ3n) is 3.62. The van der Waals surface area contributed by atoms with Crippen molar-refractivity contribution in [3.8, 4) is 17.0 Å². The Balaban J connectivity index is 2.00. The summed E-state index contributed by atoms with van der Waals surface area (Å²) in [6, 6.07) is 8.79. The zero-order chi connectivity index (χ0) is 14.3. The van der Waals surface area contributed by atoms with E-state index in [1.165, 1.54) is 22.4 Å². The molecule has 1 aliphatic rings. The van der Waals surface area contributed by atoms with Crippen molar-refractivity contribution in [2.75, 3.05) is 0 Å². The van der Waals surface area contributed by atoms with Gasteiger partial charge >= 0.3 is 0 Å². The molecule has 0 radical (unpaired) electrons. The summed E-state index contributed by atoms with van der Waals surface area (Å²) < 4.78 is 8.09. The average Bonchev–Trinajstić information content (AvgIpc) is 2.88. The van der Waals surface area contributed by atoms with Crippen LogP contribution in [0.2, 0.25) is 0 Å². The fourth-order valence-electron chi connectivity index (χ4n) is 2.93. The van der Waals surface area contributed by atoms with Crippen molar-refractivity contribution < 1.29 is 4.74 Å². The molecule has 0 aliphatic heterocycles. The van der Waals surface area contributed by atoms with E-state index in [4.69, 9.17) is 10.5 Å². The largest absolute Gasteiger partial charge is 0.491 e. The lowest BCUT2D eigenvalue weighted by atomic mass is 10.1. The fourth-order valence-corrected chi connectivity index (χ4v) is 2.93. The van der Waals surface area contributed by atoms with Gasteiger partial charge in [-0.2, -0.15) is 0 Å². The van der Waals surface area contributed by atoms with Gasteiger partial charge < -0.3 is 15.0 Å². The molecule has 0 spiro atoms. The summed E-state index contributed by atoms with van der Waals surface area (Å²) in [5.74, 6) is 0.945. The van der Waals surface area contributed by atoms with E-state index in [9.17, 15) is 0 Å². The predicted octanol–water partition coefficient (Wildman–Crippen LogP) is 3.19. The molecule has 1 aromatic heterocycles. The topological polar surface area (TPSA) is 40.2 Å². The second-order valence-corrected chi connectivity index (χ2v) is 5.98. The summed E-state index contributed by atoms with van der Waals surface area (Å²) in [5, 5.41) is 0. The molecule has 3 heteroatoms. The van der Waals surface area contributed by atoms with E-state index in [1.807, 2.05) is 6.92 Å². The van der Waals surface area contributed by atoms with Crippen LogP contribution < -0.4 is 10.5 Å². The molecule has 20 heavy (non-hydrogen) atoms. The molecule has 0 bridgehead atoms. The van der Waals surface area contributed by atoms with E-state index >= 15 is 0 Å². The molecule has 1 aliphatic carbocycles. The highest BCUT2D eigenvalue weighted by Gasteiger charge is 2.23. The quantitative estimate of drug-likeness (QED) is 0.791. The van der Waals surface area contributed by atoms with Crippen LogP contribution in [-0.2, 0) is 13.0 Å². The SMILES string of the molecule is CC(C)Oc1ccc2c(c1)-c1c(ccn1C[C@@H](C)N)C2. The molecule has 0 unspecified atom stereocenters. The van der Waals surface area contributed by atoms with Crippen LogP contribution in [0.1, 0.15) is 31.9 Å². The zero-order valence-electron chi connectivity index (χ0n) is 12.4. The van der Waals surface area contributed by atoms with E-state index in [1.54, 1.807) is 0 Å². The minimum Gasteiger partial charge on any atom is -0.491 e. The van der Waals surface area contributed by atoms with Crippen LogP contribution in [0.15, 0.2) is 30.5 Å². The average molecular weight is 270 g/mol. The molecule has 1 aromatic carbocycles. The monoisotopic (exact) mass is 270 g/mol. The van der Waals surface area contributed by atoms with Gasteiger partial charge in [0, 0.05) is 30.8 Å². The Labute approximate surface area is 120 Å². The molecule has 2 aromatic rings. The molecule has 0 saturated heterocycles. The molecular weight excluding hydrogens is 248 g/mol. The number of hydrogen-bond donors (Lipinski definition) is 1. The Morgan fingerprint density at radius 2 is 2.00 bits per heavy atom. The van der Waals surface area contributed by atoms with E-state index in [-0.39, 0.29) is 12.1 Å². The minimum atomic E-state index is 0.158. The number of fused-ring (bicyclic) bond motifs is 3. The first-order valence-electron chi connectivity index (χ1n) is 7.28. The molecule has 3 nitrogen and oxygen atoms in total. The van der Waals surface area contributed by atoms with Gasteiger partial charge in [-0.1, -0.05) is 6.07 Å². The van der Waals surface area contributed by atoms with Crippen LogP contribution in [0.4, 0.5) is 0 Å². The van der Waals surface area contributed by atoms with Gasteiger partial charge in [0.1, 0.15) is 5.75 Å². The lowest BCUT2D eigenvalue weighted by molar-refractivity contribution is 0.242. The maximum atomic E-state index is 5.95. The van der Waals surface area contributed by atoms with Crippen molar-refractivity contribution >= 4 is 0 Å². The Morgan fingerprint density at radius 1 is 1.20 bits per heavy atom. The lowest BCUT2D eigenvalue weighted by Gasteiger charge is -2.14. The number of ether oxygens (including phenoxy) is 1. The summed E-state index contributed by atoms with van der Waals surface area (Å²) in [4.78, 5) is 0. The minimum absolute atomic E-state index is 0.158. The van der Waals surface area contributed by atoms with E-state index < -0.39 is 0 Å². The zero-order valence-corrected chi connectivity index (χ0v) is 12.4. The van der Waals surface area contributed by atoms with Gasteiger partial charge in [-0.05, 0) is 50.1 Å². The Kier molecular flexibility index (Phi) is 3.30. The molecule has 3 rings (SSSR count). The van der Waals surface area contributed by atoms with Crippen molar-refractivity contribution in [1.82, 2.24) is 4.57 Å². The van der Waals surface area contributed by atoms with Gasteiger partial charge in [0.2, 0.25) is 0 Å². The van der Waals surface area contributed by atoms with Crippen LogP contribution in [0, 0.1) is 0 Å².